The van der Waals surface area contributed by atoms with E-state index < -0.39 is 10.8 Å². The third-order valence-electron chi connectivity index (χ3n) is 10.7. The Bertz CT molecular complexity index is 2050. The molecule has 0 fully saturated rings. The van der Waals surface area contributed by atoms with Gasteiger partial charge in [-0.1, -0.05) is 68.5 Å². The molecule has 0 spiro atoms. The summed E-state index contributed by atoms with van der Waals surface area (Å²) in [6.07, 6.45) is 5.19. The van der Waals surface area contributed by atoms with Crippen LogP contribution in [0.1, 0.15) is 30.5 Å². The number of nitriles is 1. The van der Waals surface area contributed by atoms with Crippen molar-refractivity contribution in [3.8, 4) is 6.07 Å². The molecule has 3 aliphatic heterocycles. The molecule has 7 heteroatoms. The summed E-state index contributed by atoms with van der Waals surface area (Å²) in [6.45, 7) is 11.4. The molecule has 4 heterocycles. The Labute approximate surface area is 270 Å². The summed E-state index contributed by atoms with van der Waals surface area (Å²) >= 11 is 0. The third kappa shape index (κ3) is 3.47. The maximum absolute atomic E-state index is 10.1. The fourth-order valence-electron chi connectivity index (χ4n) is 8.33. The summed E-state index contributed by atoms with van der Waals surface area (Å²) in [5.74, 6) is 1.61. The van der Waals surface area contributed by atoms with Gasteiger partial charge in [-0.3, -0.25) is 0 Å². The Hall–Kier alpha value is -5.61. The largest absolute Gasteiger partial charge is 0.352 e. The van der Waals surface area contributed by atoms with Crippen molar-refractivity contribution in [2.75, 3.05) is 26.6 Å². The molecule has 4 atom stereocenters. The fourth-order valence-corrected chi connectivity index (χ4v) is 8.33. The first-order valence-electron chi connectivity index (χ1n) is 15.6. The quantitative estimate of drug-likeness (QED) is 0.192. The first kappa shape index (κ1) is 27.9. The van der Waals surface area contributed by atoms with Crippen LogP contribution in [0.5, 0.6) is 0 Å². The first-order valence-corrected chi connectivity index (χ1v) is 15.6. The smallest absolute Gasteiger partial charge is 0.178 e. The summed E-state index contributed by atoms with van der Waals surface area (Å²) in [4.78, 5) is 19.7. The van der Waals surface area contributed by atoms with Crippen LogP contribution < -0.4 is 19.6 Å². The Balaban J connectivity index is 1.51. The second-order valence-corrected chi connectivity index (χ2v) is 12.8. The molecule has 0 saturated heterocycles. The molecule has 8 rings (SSSR count). The minimum Gasteiger partial charge on any atom is -0.352 e. The Morgan fingerprint density at radius 3 is 2.04 bits per heavy atom. The van der Waals surface area contributed by atoms with Gasteiger partial charge < -0.3 is 19.6 Å². The summed E-state index contributed by atoms with van der Waals surface area (Å²) < 4.78 is 0. The molecule has 5 aromatic rings. The normalized spacial score (nSPS) is 24.2. The van der Waals surface area contributed by atoms with Gasteiger partial charge in [0.15, 0.2) is 11.6 Å². The van der Waals surface area contributed by atoms with Gasteiger partial charge in [0.05, 0.1) is 28.4 Å². The lowest BCUT2D eigenvalue weighted by Crippen LogP contribution is -2.71. The van der Waals surface area contributed by atoms with Crippen LogP contribution in [0.2, 0.25) is 0 Å². The topological polar surface area (TPSA) is 62.5 Å². The van der Waals surface area contributed by atoms with E-state index in [1.54, 1.807) is 12.4 Å². The molecule has 46 heavy (non-hydrogen) atoms. The van der Waals surface area contributed by atoms with Gasteiger partial charge in [0.2, 0.25) is 0 Å². The van der Waals surface area contributed by atoms with Gasteiger partial charge in [-0.15, -0.1) is 6.58 Å². The predicted octanol–water partition coefficient (Wildman–Crippen LogP) is 8.35. The SMILES string of the molecule is C=CC1(C)c2cc(C#N)ccc2N2c3ccccc3N(C)C2C1(C)C1N(c2ccccc2)c2nccnc2N1c1ccccc1C. The van der Waals surface area contributed by atoms with Crippen molar-refractivity contribution in [3.63, 3.8) is 0 Å². The molecule has 0 radical (unpaired) electrons. The highest BCUT2D eigenvalue weighted by molar-refractivity contribution is 5.90. The molecule has 4 unspecified atom stereocenters. The van der Waals surface area contributed by atoms with Gasteiger partial charge in [-0.05, 0) is 66.6 Å². The number of hydrogen-bond acceptors (Lipinski definition) is 7. The lowest BCUT2D eigenvalue weighted by atomic mass is 9.55. The molecule has 0 amide bonds. The van der Waals surface area contributed by atoms with Crippen LogP contribution in [-0.2, 0) is 5.41 Å². The summed E-state index contributed by atoms with van der Waals surface area (Å²) in [5, 5.41) is 10.1. The van der Waals surface area contributed by atoms with E-state index >= 15 is 0 Å². The van der Waals surface area contributed by atoms with Crippen LogP contribution in [0.4, 0.5) is 40.1 Å². The number of nitrogens with zero attached hydrogens (tertiary/aromatic N) is 7. The van der Waals surface area contributed by atoms with Crippen LogP contribution in [0.15, 0.2) is 122 Å². The molecule has 3 aliphatic rings. The van der Waals surface area contributed by atoms with Crippen molar-refractivity contribution in [1.29, 1.82) is 5.26 Å². The van der Waals surface area contributed by atoms with Gasteiger partial charge in [-0.25, -0.2) is 9.97 Å². The van der Waals surface area contributed by atoms with E-state index in [0.717, 1.165) is 51.2 Å². The zero-order valence-electron chi connectivity index (χ0n) is 26.5. The molecule has 0 N–H and O–H groups in total. The second kappa shape index (κ2) is 9.95. The molecule has 7 nitrogen and oxygen atoms in total. The van der Waals surface area contributed by atoms with E-state index in [0.29, 0.717) is 5.56 Å². The van der Waals surface area contributed by atoms with Crippen molar-refractivity contribution in [3.05, 3.63) is 139 Å². The minimum absolute atomic E-state index is 0.148. The van der Waals surface area contributed by atoms with Gasteiger partial charge >= 0.3 is 0 Å². The monoisotopic (exact) mass is 601 g/mol. The van der Waals surface area contributed by atoms with Crippen LogP contribution in [0.25, 0.3) is 0 Å². The predicted molar refractivity (Wildman–Crippen MR) is 185 cm³/mol. The highest BCUT2D eigenvalue weighted by Gasteiger charge is 2.67. The number of anilines is 7. The van der Waals surface area contributed by atoms with Gasteiger partial charge in [0.1, 0.15) is 12.3 Å². The molecule has 226 valence electrons. The van der Waals surface area contributed by atoms with Gasteiger partial charge in [0.25, 0.3) is 0 Å². The van der Waals surface area contributed by atoms with E-state index in [9.17, 15) is 5.26 Å². The number of aryl methyl sites for hydroxylation is 1. The third-order valence-corrected chi connectivity index (χ3v) is 10.7. The van der Waals surface area contributed by atoms with Crippen molar-refractivity contribution >= 4 is 40.1 Å². The van der Waals surface area contributed by atoms with E-state index in [2.05, 4.69) is 151 Å². The van der Waals surface area contributed by atoms with Crippen LogP contribution in [0, 0.1) is 23.7 Å². The number of rotatable bonds is 4. The number of allylic oxidation sites excluding steroid dienone is 1. The molecule has 0 bridgehead atoms. The van der Waals surface area contributed by atoms with E-state index in [1.165, 1.54) is 0 Å². The number of benzene rings is 4. The molecule has 0 aliphatic carbocycles. The number of fused-ring (bicyclic) bond motifs is 6. The zero-order valence-corrected chi connectivity index (χ0v) is 26.5. The zero-order chi connectivity index (χ0) is 31.8. The summed E-state index contributed by atoms with van der Waals surface area (Å²) in [7, 11) is 2.20. The Kier molecular flexibility index (Phi) is 6.03. The molecular weight excluding hydrogens is 566 g/mol. The fraction of sp³-hybridized carbons (Fsp3) is 0.205. The van der Waals surface area contributed by atoms with Gasteiger partial charge in [0, 0.05) is 41.9 Å². The number of para-hydroxylation sites is 4. The standard InChI is InChI=1S/C39H35N7/c1-6-38(3)29-24-27(25-40)20-21-31(29)45-33-19-13-12-18-32(33)43(5)36(45)39(38,4)37-44(28-15-8-7-9-16-28)34-35(42-23-22-41-34)46(37)30-17-11-10-14-26(30)2/h6-24,36-37H,1H2,2-5H3. The van der Waals surface area contributed by atoms with E-state index in [4.69, 9.17) is 9.97 Å². The second-order valence-electron chi connectivity index (χ2n) is 12.8. The highest BCUT2D eigenvalue weighted by atomic mass is 15.5. The maximum Gasteiger partial charge on any atom is 0.178 e. The van der Waals surface area contributed by atoms with Crippen molar-refractivity contribution in [1.82, 2.24) is 9.97 Å². The number of aromatic nitrogens is 2. The lowest BCUT2D eigenvalue weighted by Gasteiger charge is -2.62. The van der Waals surface area contributed by atoms with Gasteiger partial charge in [-0.2, -0.15) is 5.26 Å². The Morgan fingerprint density at radius 2 is 1.37 bits per heavy atom. The average molecular weight is 602 g/mol. The van der Waals surface area contributed by atoms with E-state index in [1.807, 2.05) is 12.1 Å². The highest BCUT2D eigenvalue weighted by Crippen LogP contribution is 2.66. The van der Waals surface area contributed by atoms with Crippen molar-refractivity contribution in [2.45, 2.75) is 38.5 Å². The van der Waals surface area contributed by atoms with Crippen molar-refractivity contribution in [2.24, 2.45) is 5.41 Å². The van der Waals surface area contributed by atoms with Crippen LogP contribution in [0.3, 0.4) is 0 Å². The minimum atomic E-state index is -0.635. The maximum atomic E-state index is 10.1. The molecule has 0 saturated carbocycles. The van der Waals surface area contributed by atoms with Crippen LogP contribution >= 0.6 is 0 Å². The summed E-state index contributed by atoms with van der Waals surface area (Å²) in [6, 6.07) is 36.1. The van der Waals surface area contributed by atoms with E-state index in [-0.39, 0.29) is 12.3 Å². The number of hydrogen-bond donors (Lipinski definition) is 0. The molecular formula is C39H35N7. The van der Waals surface area contributed by atoms with Crippen LogP contribution in [-0.4, -0.2) is 29.3 Å². The first-order chi connectivity index (χ1) is 22.3. The molecule has 1 aromatic heterocycles. The Morgan fingerprint density at radius 1 is 0.739 bits per heavy atom. The van der Waals surface area contributed by atoms with Crippen molar-refractivity contribution < 1.29 is 0 Å². The lowest BCUT2D eigenvalue weighted by molar-refractivity contribution is 0.108. The molecule has 4 aromatic carbocycles. The summed E-state index contributed by atoms with van der Waals surface area (Å²) in [5.41, 5.74) is 7.05. The average Bonchev–Trinajstić information content (AvgIpc) is 3.60.